The normalized spacial score (nSPS) is 22.4. The number of halogens is 1. The van der Waals surface area contributed by atoms with Gasteiger partial charge in [-0.3, -0.25) is 4.79 Å². The van der Waals surface area contributed by atoms with Gasteiger partial charge in [-0.15, -0.1) is 0 Å². The molecule has 1 fully saturated rings. The third kappa shape index (κ3) is 3.44. The average Bonchev–Trinajstić information content (AvgIpc) is 2.49. The van der Waals surface area contributed by atoms with E-state index in [0.29, 0.717) is 29.1 Å². The van der Waals surface area contributed by atoms with Crippen LogP contribution in [-0.2, 0) is 0 Å². The highest BCUT2D eigenvalue weighted by Gasteiger charge is 2.24. The van der Waals surface area contributed by atoms with E-state index < -0.39 is 0 Å². The maximum absolute atomic E-state index is 11.8. The van der Waals surface area contributed by atoms with Gasteiger partial charge in [-0.25, -0.2) is 0 Å². The summed E-state index contributed by atoms with van der Waals surface area (Å²) in [5.74, 6) is 0.334. The molecule has 4 N–H and O–H groups in total. The number of hydrogen-bond donors (Lipinski definition) is 3. The molecule has 0 aromatic heterocycles. The van der Waals surface area contributed by atoms with Crippen LogP contribution in [0.5, 0.6) is 0 Å². The van der Waals surface area contributed by atoms with Gasteiger partial charge in [-0.05, 0) is 43.5 Å². The molecule has 2 atom stereocenters. The second-order valence-electron chi connectivity index (χ2n) is 5.30. The summed E-state index contributed by atoms with van der Waals surface area (Å²) in [6.07, 6.45) is 4.78. The first kappa shape index (κ1) is 15.1. The van der Waals surface area contributed by atoms with Gasteiger partial charge in [0.25, 0.3) is 5.91 Å². The number of anilines is 1. The monoisotopic (exact) mass is 295 g/mol. The summed E-state index contributed by atoms with van der Waals surface area (Å²) in [5.41, 5.74) is 7.27. The summed E-state index contributed by atoms with van der Waals surface area (Å²) in [4.78, 5) is 11.8. The number of nitrogens with two attached hydrogens (primary N) is 1. The summed E-state index contributed by atoms with van der Waals surface area (Å²) in [6.45, 7) is 0.702. The fraction of sp³-hybridized carbons (Fsp3) is 0.533. The molecule has 0 spiro atoms. The SMILES string of the molecule is CNC(=O)c1cc(NC2CCCCC2CN)ccc1Cl. The molecular formula is C15H22ClN3O. The lowest BCUT2D eigenvalue weighted by Gasteiger charge is -2.32. The van der Waals surface area contributed by atoms with E-state index in [1.165, 1.54) is 19.3 Å². The summed E-state index contributed by atoms with van der Waals surface area (Å²) in [5, 5.41) is 6.58. The highest BCUT2D eigenvalue weighted by Crippen LogP contribution is 2.28. The molecule has 2 unspecified atom stereocenters. The number of carbonyl (C=O) groups excluding carboxylic acids is 1. The average molecular weight is 296 g/mol. The van der Waals surface area contributed by atoms with Crippen LogP contribution in [0.15, 0.2) is 18.2 Å². The number of rotatable bonds is 4. The Balaban J connectivity index is 2.14. The van der Waals surface area contributed by atoms with Gasteiger partial charge in [0.15, 0.2) is 0 Å². The second-order valence-corrected chi connectivity index (χ2v) is 5.71. The van der Waals surface area contributed by atoms with Gasteiger partial charge in [0, 0.05) is 18.8 Å². The summed E-state index contributed by atoms with van der Waals surface area (Å²) in [6, 6.07) is 5.86. The Morgan fingerprint density at radius 1 is 1.40 bits per heavy atom. The zero-order valence-corrected chi connectivity index (χ0v) is 12.5. The predicted octanol–water partition coefficient (Wildman–Crippen LogP) is 2.63. The number of hydrogen-bond acceptors (Lipinski definition) is 3. The Morgan fingerprint density at radius 3 is 2.85 bits per heavy atom. The molecule has 1 aliphatic carbocycles. The molecule has 0 bridgehead atoms. The molecule has 2 rings (SSSR count). The van der Waals surface area contributed by atoms with Gasteiger partial charge >= 0.3 is 0 Å². The van der Waals surface area contributed by atoms with Crippen LogP contribution in [0.2, 0.25) is 5.02 Å². The van der Waals surface area contributed by atoms with Crippen molar-refractivity contribution in [3.8, 4) is 0 Å². The molecule has 0 saturated heterocycles. The fourth-order valence-corrected chi connectivity index (χ4v) is 3.02. The smallest absolute Gasteiger partial charge is 0.252 e. The number of amides is 1. The van der Waals surface area contributed by atoms with Crippen molar-refractivity contribution in [2.45, 2.75) is 31.7 Å². The van der Waals surface area contributed by atoms with Crippen molar-refractivity contribution in [2.75, 3.05) is 18.9 Å². The summed E-state index contributed by atoms with van der Waals surface area (Å²) < 4.78 is 0. The lowest BCUT2D eigenvalue weighted by molar-refractivity contribution is 0.0963. The van der Waals surface area contributed by atoms with Gasteiger partial charge in [-0.2, -0.15) is 0 Å². The van der Waals surface area contributed by atoms with E-state index >= 15 is 0 Å². The van der Waals surface area contributed by atoms with E-state index in [4.69, 9.17) is 17.3 Å². The van der Waals surface area contributed by atoms with Crippen LogP contribution in [0.4, 0.5) is 5.69 Å². The molecule has 5 heteroatoms. The van der Waals surface area contributed by atoms with E-state index in [0.717, 1.165) is 12.1 Å². The quantitative estimate of drug-likeness (QED) is 0.800. The highest BCUT2D eigenvalue weighted by atomic mass is 35.5. The molecule has 4 nitrogen and oxygen atoms in total. The first-order valence-corrected chi connectivity index (χ1v) is 7.51. The maximum Gasteiger partial charge on any atom is 0.252 e. The highest BCUT2D eigenvalue weighted by molar-refractivity contribution is 6.34. The van der Waals surface area contributed by atoms with E-state index in [1.54, 1.807) is 13.1 Å². The molecule has 0 aliphatic heterocycles. The molecule has 0 radical (unpaired) electrons. The van der Waals surface area contributed by atoms with Crippen LogP contribution in [0, 0.1) is 5.92 Å². The molecular weight excluding hydrogens is 274 g/mol. The standard InChI is InChI=1S/C15H22ClN3O/c1-18-15(20)12-8-11(6-7-13(12)16)19-14-5-3-2-4-10(14)9-17/h6-8,10,14,19H,2-5,9,17H2,1H3,(H,18,20). The Kier molecular flexibility index (Phi) is 5.26. The topological polar surface area (TPSA) is 67.2 Å². The largest absolute Gasteiger partial charge is 0.382 e. The van der Waals surface area contributed by atoms with Crippen LogP contribution in [0.1, 0.15) is 36.0 Å². The Labute approximate surface area is 125 Å². The lowest BCUT2D eigenvalue weighted by Crippen LogP contribution is -2.36. The van der Waals surface area contributed by atoms with Crippen LogP contribution in [0.25, 0.3) is 0 Å². The van der Waals surface area contributed by atoms with E-state index in [-0.39, 0.29) is 5.91 Å². The Bertz CT molecular complexity index is 478. The van der Waals surface area contributed by atoms with Gasteiger partial charge in [0.1, 0.15) is 0 Å². The van der Waals surface area contributed by atoms with Crippen molar-refractivity contribution < 1.29 is 4.79 Å². The van der Waals surface area contributed by atoms with Crippen molar-refractivity contribution in [3.05, 3.63) is 28.8 Å². The molecule has 1 aromatic carbocycles. The zero-order valence-electron chi connectivity index (χ0n) is 11.8. The van der Waals surface area contributed by atoms with Crippen LogP contribution in [0.3, 0.4) is 0 Å². The minimum Gasteiger partial charge on any atom is -0.382 e. The molecule has 0 heterocycles. The second kappa shape index (κ2) is 6.95. The first-order valence-electron chi connectivity index (χ1n) is 7.14. The summed E-state index contributed by atoms with van der Waals surface area (Å²) in [7, 11) is 1.60. The molecule has 1 saturated carbocycles. The third-order valence-electron chi connectivity index (χ3n) is 4.00. The van der Waals surface area contributed by atoms with Gasteiger partial charge < -0.3 is 16.4 Å². The minimum atomic E-state index is -0.169. The van der Waals surface area contributed by atoms with Crippen molar-refractivity contribution >= 4 is 23.2 Å². The van der Waals surface area contributed by atoms with Crippen LogP contribution in [-0.4, -0.2) is 25.5 Å². The minimum absolute atomic E-state index is 0.169. The van der Waals surface area contributed by atoms with Crippen molar-refractivity contribution in [3.63, 3.8) is 0 Å². The predicted molar refractivity (Wildman–Crippen MR) is 83.3 cm³/mol. The van der Waals surface area contributed by atoms with Gasteiger partial charge in [0.2, 0.25) is 0 Å². The summed E-state index contributed by atoms with van der Waals surface area (Å²) >= 11 is 6.06. The first-order chi connectivity index (χ1) is 9.65. The van der Waals surface area contributed by atoms with Crippen LogP contribution >= 0.6 is 11.6 Å². The number of nitrogens with one attached hydrogen (secondary N) is 2. The molecule has 20 heavy (non-hydrogen) atoms. The fourth-order valence-electron chi connectivity index (χ4n) is 2.82. The molecule has 110 valence electrons. The maximum atomic E-state index is 11.8. The van der Waals surface area contributed by atoms with Crippen molar-refractivity contribution in [1.29, 1.82) is 0 Å². The van der Waals surface area contributed by atoms with Crippen LogP contribution < -0.4 is 16.4 Å². The molecule has 1 aromatic rings. The zero-order chi connectivity index (χ0) is 14.5. The Morgan fingerprint density at radius 2 is 2.15 bits per heavy atom. The third-order valence-corrected chi connectivity index (χ3v) is 4.33. The number of carbonyl (C=O) groups is 1. The molecule has 1 aliphatic rings. The van der Waals surface area contributed by atoms with E-state index in [9.17, 15) is 4.79 Å². The van der Waals surface area contributed by atoms with E-state index in [2.05, 4.69) is 10.6 Å². The number of benzene rings is 1. The molecule has 1 amide bonds. The Hall–Kier alpha value is -1.26. The van der Waals surface area contributed by atoms with Crippen molar-refractivity contribution in [1.82, 2.24) is 5.32 Å². The lowest BCUT2D eigenvalue weighted by atomic mass is 9.84. The van der Waals surface area contributed by atoms with Crippen molar-refractivity contribution in [2.24, 2.45) is 11.7 Å². The van der Waals surface area contributed by atoms with E-state index in [1.807, 2.05) is 12.1 Å². The van der Waals surface area contributed by atoms with Gasteiger partial charge in [0.05, 0.1) is 10.6 Å². The van der Waals surface area contributed by atoms with Gasteiger partial charge in [-0.1, -0.05) is 24.4 Å².